The smallest absolute Gasteiger partial charge is 0.293 e. The normalized spacial score (nSPS) is 15.1. The van der Waals surface area contributed by atoms with Gasteiger partial charge in [-0.15, -0.1) is 0 Å². The first-order valence-electron chi connectivity index (χ1n) is 11.9. The van der Waals surface area contributed by atoms with Gasteiger partial charge in [-0.3, -0.25) is 19.3 Å². The predicted octanol–water partition coefficient (Wildman–Crippen LogP) is 6.24. The average molecular weight is 693 g/mol. The number of anilines is 1. The van der Waals surface area contributed by atoms with E-state index >= 15 is 0 Å². The van der Waals surface area contributed by atoms with Crippen LogP contribution in [-0.2, 0) is 16.1 Å². The third-order valence-electron chi connectivity index (χ3n) is 5.94. The van der Waals surface area contributed by atoms with Gasteiger partial charge in [0.25, 0.3) is 17.1 Å². The molecule has 3 aromatic rings. The van der Waals surface area contributed by atoms with Crippen molar-refractivity contribution < 1.29 is 33.3 Å². The van der Waals surface area contributed by atoms with Crippen molar-refractivity contribution in [2.45, 2.75) is 13.5 Å². The number of nitrogens with zero attached hydrogens (tertiary/aromatic N) is 1. The molecule has 12 heteroatoms. The molecule has 1 saturated heterocycles. The van der Waals surface area contributed by atoms with Crippen molar-refractivity contribution >= 4 is 74.8 Å². The SMILES string of the molecule is COc1cc(/C=C2\SC(=O)N(Cc3cc4c(cc3Cl)OCO4)C2=O)cc(I)c1OCC(=O)Nc1cccc(C)c1. The highest BCUT2D eigenvalue weighted by atomic mass is 127. The summed E-state index contributed by atoms with van der Waals surface area (Å²) in [6, 6.07) is 14.2. The summed E-state index contributed by atoms with van der Waals surface area (Å²) in [6.45, 7) is 1.80. The summed E-state index contributed by atoms with van der Waals surface area (Å²) >= 11 is 9.26. The number of carbonyl (C=O) groups excluding carboxylic acids is 3. The number of halogens is 2. The van der Waals surface area contributed by atoms with E-state index in [2.05, 4.69) is 27.9 Å². The summed E-state index contributed by atoms with van der Waals surface area (Å²) in [5.74, 6) is 1.05. The van der Waals surface area contributed by atoms with E-state index in [0.717, 1.165) is 22.2 Å². The number of imide groups is 1. The standard InChI is InChI=1S/C28H22ClIN2O7S/c1-15-4-3-5-18(6-15)31-25(33)13-37-26-20(30)7-16(8-23(26)36-2)9-24-27(34)32(28(35)40-24)12-17-10-21-22(11-19(17)29)39-14-38-21/h3-11H,12-14H2,1-2H3,(H,31,33)/b24-9-. The lowest BCUT2D eigenvalue weighted by molar-refractivity contribution is -0.123. The highest BCUT2D eigenvalue weighted by Gasteiger charge is 2.36. The molecule has 9 nitrogen and oxygen atoms in total. The number of hydrogen-bond acceptors (Lipinski definition) is 8. The summed E-state index contributed by atoms with van der Waals surface area (Å²) in [7, 11) is 1.48. The second-order valence-electron chi connectivity index (χ2n) is 8.81. The van der Waals surface area contributed by atoms with E-state index in [1.807, 2.05) is 25.1 Å². The van der Waals surface area contributed by atoms with Gasteiger partial charge in [-0.05, 0) is 94.4 Å². The number of ether oxygens (including phenoxy) is 4. The van der Waals surface area contributed by atoms with Crippen LogP contribution in [-0.4, -0.2) is 42.5 Å². The Bertz CT molecular complexity index is 1560. The molecule has 206 valence electrons. The third-order valence-corrected chi connectivity index (χ3v) is 8.00. The fraction of sp³-hybridized carbons (Fsp3) is 0.179. The van der Waals surface area contributed by atoms with Gasteiger partial charge >= 0.3 is 0 Å². The van der Waals surface area contributed by atoms with Gasteiger partial charge in [0.1, 0.15) is 0 Å². The van der Waals surface area contributed by atoms with Gasteiger partial charge < -0.3 is 24.3 Å². The average Bonchev–Trinajstić information content (AvgIpc) is 3.46. The molecule has 0 radical (unpaired) electrons. The first-order chi connectivity index (χ1) is 19.2. The van der Waals surface area contributed by atoms with Gasteiger partial charge in [0.05, 0.1) is 22.1 Å². The number of rotatable bonds is 8. The predicted molar refractivity (Wildman–Crippen MR) is 160 cm³/mol. The van der Waals surface area contributed by atoms with Crippen molar-refractivity contribution in [2.24, 2.45) is 0 Å². The summed E-state index contributed by atoms with van der Waals surface area (Å²) in [5.41, 5.74) is 2.91. The quantitative estimate of drug-likeness (QED) is 0.219. The highest BCUT2D eigenvalue weighted by molar-refractivity contribution is 14.1. The molecule has 0 atom stereocenters. The van der Waals surface area contributed by atoms with E-state index in [0.29, 0.717) is 48.4 Å². The van der Waals surface area contributed by atoms with Crippen LogP contribution < -0.4 is 24.3 Å². The van der Waals surface area contributed by atoms with Crippen LogP contribution in [0.15, 0.2) is 53.4 Å². The lowest BCUT2D eigenvalue weighted by Crippen LogP contribution is -2.27. The second-order valence-corrected chi connectivity index (χ2v) is 11.4. The zero-order valence-electron chi connectivity index (χ0n) is 21.3. The number of nitrogens with one attached hydrogen (secondary N) is 1. The van der Waals surface area contributed by atoms with E-state index in [-0.39, 0.29) is 30.8 Å². The van der Waals surface area contributed by atoms with Crippen LogP contribution in [0.2, 0.25) is 5.02 Å². The van der Waals surface area contributed by atoms with E-state index in [1.165, 1.54) is 7.11 Å². The number of fused-ring (bicyclic) bond motifs is 1. The van der Waals surface area contributed by atoms with Crippen LogP contribution in [0.5, 0.6) is 23.0 Å². The van der Waals surface area contributed by atoms with Crippen LogP contribution >= 0.6 is 46.0 Å². The molecule has 40 heavy (non-hydrogen) atoms. The summed E-state index contributed by atoms with van der Waals surface area (Å²) < 4.78 is 22.6. The topological polar surface area (TPSA) is 103 Å². The van der Waals surface area contributed by atoms with E-state index in [4.69, 9.17) is 30.5 Å². The van der Waals surface area contributed by atoms with Crippen LogP contribution in [0, 0.1) is 10.5 Å². The Hall–Kier alpha value is -3.42. The summed E-state index contributed by atoms with van der Waals surface area (Å²) in [6.07, 6.45) is 1.62. The minimum absolute atomic E-state index is 0.00424. The molecule has 2 aliphatic heterocycles. The first-order valence-corrected chi connectivity index (χ1v) is 14.2. The Balaban J connectivity index is 1.29. The molecule has 0 unspecified atom stereocenters. The van der Waals surface area contributed by atoms with Gasteiger partial charge in [-0.1, -0.05) is 23.7 Å². The van der Waals surface area contributed by atoms with Crippen molar-refractivity contribution in [2.75, 3.05) is 25.8 Å². The fourth-order valence-corrected chi connectivity index (χ4v) is 5.89. The zero-order chi connectivity index (χ0) is 28.4. The zero-order valence-corrected chi connectivity index (χ0v) is 25.0. The van der Waals surface area contributed by atoms with Crippen molar-refractivity contribution in [1.82, 2.24) is 4.90 Å². The molecular formula is C28H22ClIN2O7S. The maximum Gasteiger partial charge on any atom is 0.293 e. The second kappa shape index (κ2) is 12.0. The monoisotopic (exact) mass is 692 g/mol. The minimum atomic E-state index is -0.439. The van der Waals surface area contributed by atoms with Crippen molar-refractivity contribution in [3.8, 4) is 23.0 Å². The number of methoxy groups -OCH3 is 1. The summed E-state index contributed by atoms with van der Waals surface area (Å²) in [4.78, 5) is 39.7. The van der Waals surface area contributed by atoms with Crippen LogP contribution in [0.4, 0.5) is 10.5 Å². The van der Waals surface area contributed by atoms with E-state index in [9.17, 15) is 14.4 Å². The molecule has 0 bridgehead atoms. The molecule has 0 spiro atoms. The van der Waals surface area contributed by atoms with E-state index < -0.39 is 11.1 Å². The Labute approximate surface area is 252 Å². The molecule has 2 heterocycles. The van der Waals surface area contributed by atoms with Gasteiger partial charge in [-0.2, -0.15) is 0 Å². The van der Waals surface area contributed by atoms with Crippen LogP contribution in [0.3, 0.4) is 0 Å². The van der Waals surface area contributed by atoms with Crippen LogP contribution in [0.1, 0.15) is 16.7 Å². The highest BCUT2D eigenvalue weighted by Crippen LogP contribution is 2.40. The molecule has 3 aromatic carbocycles. The lowest BCUT2D eigenvalue weighted by Gasteiger charge is -2.14. The lowest BCUT2D eigenvalue weighted by atomic mass is 10.1. The van der Waals surface area contributed by atoms with Crippen molar-refractivity contribution in [3.63, 3.8) is 0 Å². The fourth-order valence-electron chi connectivity index (χ4n) is 4.06. The van der Waals surface area contributed by atoms with Crippen molar-refractivity contribution in [1.29, 1.82) is 0 Å². The molecule has 3 amide bonds. The number of amides is 3. The Morgan fingerprint density at radius 1 is 1.18 bits per heavy atom. The Morgan fingerprint density at radius 3 is 2.70 bits per heavy atom. The summed E-state index contributed by atoms with van der Waals surface area (Å²) in [5, 5.41) is 2.76. The number of benzene rings is 3. The van der Waals surface area contributed by atoms with Gasteiger partial charge in [-0.25, -0.2) is 0 Å². The van der Waals surface area contributed by atoms with Crippen molar-refractivity contribution in [3.05, 3.63) is 78.7 Å². The van der Waals surface area contributed by atoms with Gasteiger partial charge in [0.2, 0.25) is 6.79 Å². The van der Waals surface area contributed by atoms with Crippen LogP contribution in [0.25, 0.3) is 6.08 Å². The third kappa shape index (κ3) is 6.16. The first kappa shape index (κ1) is 28.1. The number of thioether (sulfide) groups is 1. The van der Waals surface area contributed by atoms with Gasteiger partial charge in [0, 0.05) is 16.8 Å². The molecule has 5 rings (SSSR count). The maximum absolute atomic E-state index is 13.1. The molecule has 0 aromatic heterocycles. The van der Waals surface area contributed by atoms with E-state index in [1.54, 1.807) is 36.4 Å². The number of aryl methyl sites for hydroxylation is 1. The van der Waals surface area contributed by atoms with Gasteiger partial charge in [0.15, 0.2) is 29.6 Å². The molecule has 1 N–H and O–H groups in total. The molecule has 0 saturated carbocycles. The maximum atomic E-state index is 13.1. The number of hydrogen-bond donors (Lipinski definition) is 1. The molecule has 1 fully saturated rings. The minimum Gasteiger partial charge on any atom is -0.493 e. The number of carbonyl (C=O) groups is 3. The Kier molecular flexibility index (Phi) is 8.43. The molecule has 2 aliphatic rings. The molecule has 0 aliphatic carbocycles. The Morgan fingerprint density at radius 2 is 1.95 bits per heavy atom. The molecular weight excluding hydrogens is 671 g/mol. The largest absolute Gasteiger partial charge is 0.493 e.